The Kier molecular flexibility index (Phi) is 4.27. The SMILES string of the molecule is COc1ccc(C=CC(=O)C2=C(O)COC2=O)cc1OC. The first-order chi connectivity index (χ1) is 10.1. The number of ether oxygens (including phenoxy) is 3. The summed E-state index contributed by atoms with van der Waals surface area (Å²) in [6.07, 6.45) is 2.70. The van der Waals surface area contributed by atoms with Gasteiger partial charge in [-0.05, 0) is 23.8 Å². The highest BCUT2D eigenvalue weighted by Crippen LogP contribution is 2.28. The monoisotopic (exact) mass is 290 g/mol. The molecule has 0 amide bonds. The van der Waals surface area contributed by atoms with E-state index in [-0.39, 0.29) is 17.9 Å². The van der Waals surface area contributed by atoms with E-state index in [2.05, 4.69) is 4.74 Å². The van der Waals surface area contributed by atoms with Crippen molar-refractivity contribution in [2.75, 3.05) is 20.8 Å². The molecular weight excluding hydrogens is 276 g/mol. The number of ketones is 1. The van der Waals surface area contributed by atoms with Crippen LogP contribution in [0.3, 0.4) is 0 Å². The Morgan fingerprint density at radius 2 is 2.00 bits per heavy atom. The van der Waals surface area contributed by atoms with Gasteiger partial charge in [0.05, 0.1) is 14.2 Å². The van der Waals surface area contributed by atoms with Crippen molar-refractivity contribution in [3.63, 3.8) is 0 Å². The van der Waals surface area contributed by atoms with Gasteiger partial charge in [0.25, 0.3) is 0 Å². The molecule has 1 N–H and O–H groups in total. The van der Waals surface area contributed by atoms with Crippen LogP contribution in [0.15, 0.2) is 35.6 Å². The summed E-state index contributed by atoms with van der Waals surface area (Å²) in [5.74, 6) is -0.670. The largest absolute Gasteiger partial charge is 0.508 e. The van der Waals surface area contributed by atoms with Crippen LogP contribution in [-0.2, 0) is 14.3 Å². The molecule has 0 saturated carbocycles. The van der Waals surface area contributed by atoms with E-state index in [9.17, 15) is 14.7 Å². The Morgan fingerprint density at radius 1 is 1.29 bits per heavy atom. The smallest absolute Gasteiger partial charge is 0.346 e. The molecule has 6 heteroatoms. The van der Waals surface area contributed by atoms with Gasteiger partial charge in [0.15, 0.2) is 17.3 Å². The van der Waals surface area contributed by atoms with Crippen molar-refractivity contribution in [1.29, 1.82) is 0 Å². The maximum Gasteiger partial charge on any atom is 0.346 e. The maximum absolute atomic E-state index is 11.9. The molecule has 2 rings (SSSR count). The molecule has 0 radical (unpaired) electrons. The molecule has 110 valence electrons. The third-order valence-electron chi connectivity index (χ3n) is 2.91. The molecule has 1 heterocycles. The normalized spacial score (nSPS) is 14.5. The molecule has 1 aliphatic heterocycles. The van der Waals surface area contributed by atoms with Crippen LogP contribution in [0.2, 0.25) is 0 Å². The topological polar surface area (TPSA) is 82.1 Å². The third-order valence-corrected chi connectivity index (χ3v) is 2.91. The molecule has 0 aromatic heterocycles. The van der Waals surface area contributed by atoms with E-state index in [0.29, 0.717) is 17.1 Å². The lowest BCUT2D eigenvalue weighted by molar-refractivity contribution is -0.137. The van der Waals surface area contributed by atoms with Crippen molar-refractivity contribution in [2.24, 2.45) is 0 Å². The first-order valence-corrected chi connectivity index (χ1v) is 6.10. The molecule has 1 aromatic carbocycles. The van der Waals surface area contributed by atoms with E-state index in [1.807, 2.05) is 0 Å². The first-order valence-electron chi connectivity index (χ1n) is 6.10. The van der Waals surface area contributed by atoms with Crippen LogP contribution < -0.4 is 9.47 Å². The summed E-state index contributed by atoms with van der Waals surface area (Å²) in [7, 11) is 3.03. The number of allylic oxidation sites excluding steroid dienone is 1. The van der Waals surface area contributed by atoms with Gasteiger partial charge in [-0.25, -0.2) is 4.79 Å². The number of aliphatic hydroxyl groups is 1. The summed E-state index contributed by atoms with van der Waals surface area (Å²) in [4.78, 5) is 23.1. The highest BCUT2D eigenvalue weighted by Gasteiger charge is 2.29. The second kappa shape index (κ2) is 6.13. The molecule has 0 saturated heterocycles. The van der Waals surface area contributed by atoms with Crippen LogP contribution in [0.4, 0.5) is 0 Å². The van der Waals surface area contributed by atoms with Gasteiger partial charge in [-0.3, -0.25) is 4.79 Å². The van der Waals surface area contributed by atoms with Gasteiger partial charge < -0.3 is 19.3 Å². The lowest BCUT2D eigenvalue weighted by atomic mass is 10.1. The summed E-state index contributed by atoms with van der Waals surface area (Å²) >= 11 is 0. The van der Waals surface area contributed by atoms with E-state index in [1.165, 1.54) is 26.4 Å². The van der Waals surface area contributed by atoms with E-state index >= 15 is 0 Å². The van der Waals surface area contributed by atoms with E-state index in [1.54, 1.807) is 18.2 Å². The summed E-state index contributed by atoms with van der Waals surface area (Å²) in [5.41, 5.74) is 0.360. The number of aliphatic hydroxyl groups excluding tert-OH is 1. The predicted molar refractivity (Wildman–Crippen MR) is 74.2 cm³/mol. The minimum atomic E-state index is -0.811. The second-order valence-corrected chi connectivity index (χ2v) is 4.21. The summed E-state index contributed by atoms with van der Waals surface area (Å²) < 4.78 is 14.8. The fraction of sp³-hybridized carbons (Fsp3) is 0.200. The average molecular weight is 290 g/mol. The third kappa shape index (κ3) is 3.05. The number of carbonyl (C=O) groups is 2. The van der Waals surface area contributed by atoms with Crippen molar-refractivity contribution in [1.82, 2.24) is 0 Å². The van der Waals surface area contributed by atoms with Crippen LogP contribution in [-0.4, -0.2) is 37.7 Å². The summed E-state index contributed by atoms with van der Waals surface area (Å²) in [5, 5.41) is 9.42. The number of carbonyl (C=O) groups excluding carboxylic acids is 2. The van der Waals surface area contributed by atoms with Gasteiger partial charge in [0.2, 0.25) is 0 Å². The fourth-order valence-electron chi connectivity index (χ4n) is 1.85. The Bertz CT molecular complexity index is 642. The van der Waals surface area contributed by atoms with Gasteiger partial charge >= 0.3 is 5.97 Å². The zero-order valence-corrected chi connectivity index (χ0v) is 11.6. The van der Waals surface area contributed by atoms with Crippen molar-refractivity contribution >= 4 is 17.8 Å². The van der Waals surface area contributed by atoms with Crippen LogP contribution in [0, 0.1) is 0 Å². The fourth-order valence-corrected chi connectivity index (χ4v) is 1.85. The maximum atomic E-state index is 11.9. The number of esters is 1. The van der Waals surface area contributed by atoms with Gasteiger partial charge in [-0.2, -0.15) is 0 Å². The second-order valence-electron chi connectivity index (χ2n) is 4.21. The minimum Gasteiger partial charge on any atom is -0.508 e. The van der Waals surface area contributed by atoms with Crippen molar-refractivity contribution in [2.45, 2.75) is 0 Å². The average Bonchev–Trinajstić information content (AvgIpc) is 2.83. The van der Waals surface area contributed by atoms with Crippen molar-refractivity contribution < 1.29 is 28.9 Å². The van der Waals surface area contributed by atoms with Crippen molar-refractivity contribution in [3.8, 4) is 11.5 Å². The van der Waals surface area contributed by atoms with Crippen molar-refractivity contribution in [3.05, 3.63) is 41.2 Å². The molecule has 0 bridgehead atoms. The van der Waals surface area contributed by atoms with Gasteiger partial charge in [0, 0.05) is 0 Å². The van der Waals surface area contributed by atoms with Crippen LogP contribution in [0.25, 0.3) is 6.08 Å². The Labute approximate surface area is 121 Å². The molecular formula is C15H14O6. The van der Waals surface area contributed by atoms with Crippen LogP contribution in [0.5, 0.6) is 11.5 Å². The molecule has 0 aliphatic carbocycles. The highest BCUT2D eigenvalue weighted by atomic mass is 16.5. The minimum absolute atomic E-state index is 0.260. The Balaban J connectivity index is 2.20. The zero-order valence-electron chi connectivity index (χ0n) is 11.6. The molecule has 1 aliphatic rings. The van der Waals surface area contributed by atoms with Gasteiger partial charge in [-0.15, -0.1) is 0 Å². The number of rotatable bonds is 5. The predicted octanol–water partition coefficient (Wildman–Crippen LogP) is 1.66. The van der Waals surface area contributed by atoms with Gasteiger partial charge in [-0.1, -0.05) is 12.1 Å². The number of cyclic esters (lactones) is 1. The number of hydrogen-bond donors (Lipinski definition) is 1. The van der Waals surface area contributed by atoms with Gasteiger partial charge in [0.1, 0.15) is 17.9 Å². The molecule has 0 spiro atoms. The number of methoxy groups -OCH3 is 2. The van der Waals surface area contributed by atoms with E-state index in [0.717, 1.165) is 0 Å². The Morgan fingerprint density at radius 3 is 2.57 bits per heavy atom. The molecule has 6 nitrogen and oxygen atoms in total. The standard InChI is InChI=1S/C15H14O6/c1-19-12-6-4-9(7-13(12)20-2)3-5-10(16)14-11(17)8-21-15(14)18/h3-7,17H,8H2,1-2H3. The summed E-state index contributed by atoms with van der Waals surface area (Å²) in [6, 6.07) is 5.11. The molecule has 0 fully saturated rings. The molecule has 0 unspecified atom stereocenters. The number of hydrogen-bond acceptors (Lipinski definition) is 6. The zero-order chi connectivity index (χ0) is 15.4. The summed E-state index contributed by atoms with van der Waals surface area (Å²) in [6.45, 7) is -0.260. The van der Waals surface area contributed by atoms with E-state index < -0.39 is 11.8 Å². The quantitative estimate of drug-likeness (QED) is 0.504. The lowest BCUT2D eigenvalue weighted by Crippen LogP contribution is -2.08. The Hall–Kier alpha value is -2.76. The molecule has 0 atom stereocenters. The highest BCUT2D eigenvalue weighted by molar-refractivity contribution is 6.23. The first kappa shape index (κ1) is 14.6. The molecule has 1 aromatic rings. The van der Waals surface area contributed by atoms with Crippen LogP contribution in [0.1, 0.15) is 5.56 Å². The van der Waals surface area contributed by atoms with E-state index in [4.69, 9.17) is 9.47 Å². The number of benzene rings is 1. The molecule has 21 heavy (non-hydrogen) atoms. The van der Waals surface area contributed by atoms with Crippen LogP contribution >= 0.6 is 0 Å². The lowest BCUT2D eigenvalue weighted by Gasteiger charge is -2.07.